The molecule has 1 fully saturated rings. The van der Waals surface area contributed by atoms with E-state index in [1.54, 1.807) is 7.11 Å². The first kappa shape index (κ1) is 15.8. The van der Waals surface area contributed by atoms with Crippen LogP contribution in [0.1, 0.15) is 37.8 Å². The molecule has 0 saturated carbocycles. The van der Waals surface area contributed by atoms with E-state index in [4.69, 9.17) is 15.2 Å². The van der Waals surface area contributed by atoms with Gasteiger partial charge >= 0.3 is 0 Å². The lowest BCUT2D eigenvalue weighted by Crippen LogP contribution is -2.37. The quantitative estimate of drug-likeness (QED) is 0.838. The number of nitrogens with one attached hydrogen (secondary N) is 1. The average Bonchev–Trinajstić information content (AvgIpc) is 3.01. The zero-order valence-corrected chi connectivity index (χ0v) is 12.7. The highest BCUT2D eigenvalue weighted by Gasteiger charge is 2.31. The summed E-state index contributed by atoms with van der Waals surface area (Å²) in [5.74, 6) is 0.723. The van der Waals surface area contributed by atoms with Gasteiger partial charge in [-0.2, -0.15) is 0 Å². The van der Waals surface area contributed by atoms with Crippen molar-refractivity contribution >= 4 is 5.91 Å². The van der Waals surface area contributed by atoms with E-state index >= 15 is 0 Å². The molecule has 116 valence electrons. The summed E-state index contributed by atoms with van der Waals surface area (Å²) in [6, 6.07) is 7.67. The number of hydrogen-bond acceptors (Lipinski definition) is 4. The standard InChI is InChI=1S/C16H24N2O3/c1-3-13(12-6-4-5-7-14(12)20-2)18-16(19)15-9-8-11(10-17)21-15/h4-7,11,13,15H,3,8-10,17H2,1-2H3,(H,18,19). The van der Waals surface area contributed by atoms with Gasteiger partial charge in [-0.25, -0.2) is 0 Å². The van der Waals surface area contributed by atoms with Crippen molar-refractivity contribution in [3.63, 3.8) is 0 Å². The van der Waals surface area contributed by atoms with Crippen LogP contribution in [-0.4, -0.2) is 31.8 Å². The van der Waals surface area contributed by atoms with Crippen LogP contribution < -0.4 is 15.8 Å². The summed E-state index contributed by atoms with van der Waals surface area (Å²) in [5.41, 5.74) is 6.57. The van der Waals surface area contributed by atoms with Crippen molar-refractivity contribution in [3.05, 3.63) is 29.8 Å². The number of para-hydroxylation sites is 1. The van der Waals surface area contributed by atoms with Gasteiger partial charge in [0.2, 0.25) is 5.91 Å². The van der Waals surface area contributed by atoms with Crippen LogP contribution in [0.3, 0.4) is 0 Å². The van der Waals surface area contributed by atoms with Crippen molar-refractivity contribution < 1.29 is 14.3 Å². The number of amides is 1. The molecule has 2 rings (SSSR count). The number of methoxy groups -OCH3 is 1. The molecule has 0 spiro atoms. The Morgan fingerprint density at radius 3 is 2.86 bits per heavy atom. The lowest BCUT2D eigenvalue weighted by Gasteiger charge is -2.22. The Bertz CT molecular complexity index is 478. The van der Waals surface area contributed by atoms with Crippen LogP contribution in [0.5, 0.6) is 5.75 Å². The summed E-state index contributed by atoms with van der Waals surface area (Å²) in [5, 5.41) is 3.06. The number of carbonyl (C=O) groups is 1. The second kappa shape index (κ2) is 7.43. The van der Waals surface area contributed by atoms with Crippen LogP contribution in [0, 0.1) is 0 Å². The molecule has 0 bridgehead atoms. The number of benzene rings is 1. The minimum atomic E-state index is -0.387. The Morgan fingerprint density at radius 2 is 2.24 bits per heavy atom. The summed E-state index contributed by atoms with van der Waals surface area (Å²) >= 11 is 0. The smallest absolute Gasteiger partial charge is 0.249 e. The van der Waals surface area contributed by atoms with E-state index in [9.17, 15) is 4.79 Å². The molecule has 5 heteroatoms. The summed E-state index contributed by atoms with van der Waals surface area (Å²) in [6.45, 7) is 2.50. The zero-order chi connectivity index (χ0) is 15.2. The van der Waals surface area contributed by atoms with Crippen LogP contribution in [0.15, 0.2) is 24.3 Å². The van der Waals surface area contributed by atoms with Gasteiger partial charge in [0, 0.05) is 12.1 Å². The van der Waals surface area contributed by atoms with Crippen molar-refractivity contribution in [2.45, 2.75) is 44.4 Å². The van der Waals surface area contributed by atoms with Crippen molar-refractivity contribution in [2.75, 3.05) is 13.7 Å². The van der Waals surface area contributed by atoms with Gasteiger partial charge < -0.3 is 20.5 Å². The van der Waals surface area contributed by atoms with E-state index in [1.807, 2.05) is 31.2 Å². The predicted molar refractivity (Wildman–Crippen MR) is 81.1 cm³/mol. The van der Waals surface area contributed by atoms with Crippen molar-refractivity contribution in [3.8, 4) is 5.75 Å². The van der Waals surface area contributed by atoms with Gasteiger partial charge in [0.25, 0.3) is 0 Å². The number of rotatable bonds is 6. The minimum Gasteiger partial charge on any atom is -0.496 e. The fourth-order valence-electron chi connectivity index (χ4n) is 2.69. The molecular formula is C16H24N2O3. The third kappa shape index (κ3) is 3.74. The molecule has 1 amide bonds. The molecule has 21 heavy (non-hydrogen) atoms. The van der Waals surface area contributed by atoms with Crippen LogP contribution in [0.25, 0.3) is 0 Å². The van der Waals surface area contributed by atoms with Gasteiger partial charge in [0.05, 0.1) is 19.3 Å². The predicted octanol–water partition coefficient (Wildman–Crippen LogP) is 1.77. The maximum Gasteiger partial charge on any atom is 0.249 e. The molecule has 5 nitrogen and oxygen atoms in total. The van der Waals surface area contributed by atoms with Gasteiger partial charge in [-0.15, -0.1) is 0 Å². The van der Waals surface area contributed by atoms with Crippen LogP contribution >= 0.6 is 0 Å². The highest BCUT2D eigenvalue weighted by molar-refractivity contribution is 5.81. The summed E-state index contributed by atoms with van der Waals surface area (Å²) in [4.78, 5) is 12.3. The number of ether oxygens (including phenoxy) is 2. The third-order valence-electron chi connectivity index (χ3n) is 3.90. The highest BCUT2D eigenvalue weighted by Crippen LogP contribution is 2.27. The molecule has 1 aliphatic rings. The Morgan fingerprint density at radius 1 is 1.48 bits per heavy atom. The van der Waals surface area contributed by atoms with E-state index in [0.717, 1.165) is 30.6 Å². The molecule has 0 aromatic heterocycles. The first-order chi connectivity index (χ1) is 10.2. The van der Waals surface area contributed by atoms with E-state index in [0.29, 0.717) is 6.54 Å². The normalized spacial score (nSPS) is 22.8. The summed E-state index contributed by atoms with van der Waals surface area (Å²) in [6.07, 6.45) is 1.99. The van der Waals surface area contributed by atoms with Gasteiger partial charge in [-0.05, 0) is 25.3 Å². The molecule has 1 heterocycles. The van der Waals surface area contributed by atoms with Gasteiger partial charge in [0.1, 0.15) is 11.9 Å². The highest BCUT2D eigenvalue weighted by atomic mass is 16.5. The minimum absolute atomic E-state index is 0.00656. The fourth-order valence-corrected chi connectivity index (χ4v) is 2.69. The fraction of sp³-hybridized carbons (Fsp3) is 0.562. The molecule has 1 aromatic rings. The number of hydrogen-bond donors (Lipinski definition) is 2. The molecule has 3 unspecified atom stereocenters. The summed E-state index contributed by atoms with van der Waals surface area (Å²) in [7, 11) is 1.64. The number of carbonyl (C=O) groups excluding carboxylic acids is 1. The maximum absolute atomic E-state index is 12.3. The zero-order valence-electron chi connectivity index (χ0n) is 12.7. The SMILES string of the molecule is CCC(NC(=O)C1CCC(CN)O1)c1ccccc1OC. The average molecular weight is 292 g/mol. The Kier molecular flexibility index (Phi) is 5.59. The second-order valence-electron chi connectivity index (χ2n) is 5.27. The molecular weight excluding hydrogens is 268 g/mol. The molecule has 3 atom stereocenters. The van der Waals surface area contributed by atoms with Gasteiger partial charge in [-0.3, -0.25) is 4.79 Å². The van der Waals surface area contributed by atoms with Crippen LogP contribution in [0.4, 0.5) is 0 Å². The van der Waals surface area contributed by atoms with E-state index in [1.165, 1.54) is 0 Å². The molecule has 1 saturated heterocycles. The number of nitrogens with two attached hydrogens (primary N) is 1. The van der Waals surface area contributed by atoms with Crippen LogP contribution in [-0.2, 0) is 9.53 Å². The van der Waals surface area contributed by atoms with Crippen molar-refractivity contribution in [1.82, 2.24) is 5.32 Å². The molecule has 3 N–H and O–H groups in total. The maximum atomic E-state index is 12.3. The first-order valence-corrected chi connectivity index (χ1v) is 7.48. The molecule has 0 aliphatic carbocycles. The van der Waals surface area contributed by atoms with E-state index in [2.05, 4.69) is 5.32 Å². The van der Waals surface area contributed by atoms with E-state index in [-0.39, 0.29) is 24.2 Å². The lowest BCUT2D eigenvalue weighted by molar-refractivity contribution is -0.132. The monoisotopic (exact) mass is 292 g/mol. The van der Waals surface area contributed by atoms with Crippen molar-refractivity contribution in [1.29, 1.82) is 0 Å². The molecule has 1 aliphatic heterocycles. The summed E-state index contributed by atoms with van der Waals surface area (Å²) < 4.78 is 11.0. The van der Waals surface area contributed by atoms with E-state index < -0.39 is 0 Å². The van der Waals surface area contributed by atoms with Gasteiger partial charge in [0.15, 0.2) is 0 Å². The Hall–Kier alpha value is -1.59. The Labute approximate surface area is 125 Å². The van der Waals surface area contributed by atoms with Crippen molar-refractivity contribution in [2.24, 2.45) is 5.73 Å². The van der Waals surface area contributed by atoms with Crippen LogP contribution in [0.2, 0.25) is 0 Å². The lowest BCUT2D eigenvalue weighted by atomic mass is 10.0. The van der Waals surface area contributed by atoms with Gasteiger partial charge in [-0.1, -0.05) is 25.1 Å². The molecule has 1 aromatic carbocycles. The topological polar surface area (TPSA) is 73.6 Å². The largest absolute Gasteiger partial charge is 0.496 e. The second-order valence-corrected chi connectivity index (χ2v) is 5.27. The molecule has 0 radical (unpaired) electrons. The third-order valence-corrected chi connectivity index (χ3v) is 3.90. The first-order valence-electron chi connectivity index (χ1n) is 7.48. The Balaban J connectivity index is 2.04.